The van der Waals surface area contributed by atoms with Crippen molar-refractivity contribution in [3.05, 3.63) is 0 Å². The molecule has 0 saturated carbocycles. The zero-order valence-electron chi connectivity index (χ0n) is 9.22. The maximum Gasteiger partial charge on any atom is 0.392 e. The van der Waals surface area contributed by atoms with Crippen molar-refractivity contribution >= 4 is 5.97 Å². The lowest BCUT2D eigenvalue weighted by Gasteiger charge is -2.12. The lowest BCUT2D eigenvalue weighted by Crippen LogP contribution is -2.29. The Labute approximate surface area is 92.6 Å². The van der Waals surface area contributed by atoms with Crippen LogP contribution in [0.5, 0.6) is 0 Å². The van der Waals surface area contributed by atoms with Crippen LogP contribution in [-0.2, 0) is 9.53 Å². The summed E-state index contributed by atoms with van der Waals surface area (Å²) in [5, 5.41) is 8.86. The van der Waals surface area contributed by atoms with Gasteiger partial charge in [0.25, 0.3) is 0 Å². The summed E-state index contributed by atoms with van der Waals surface area (Å²) in [4.78, 5) is 10.9. The maximum atomic E-state index is 11.8. The Hall–Kier alpha value is -0.780. The monoisotopic (exact) mass is 242 g/mol. The number of halogens is 3. The molecule has 1 N–H and O–H groups in total. The normalized spacial score (nSPS) is 13.6. The van der Waals surface area contributed by atoms with Crippen molar-refractivity contribution in [2.75, 3.05) is 6.61 Å². The van der Waals surface area contributed by atoms with Crippen LogP contribution in [0.1, 0.15) is 39.0 Å². The number of alkyl halides is 3. The predicted octanol–water partition coefficient (Wildman–Crippen LogP) is 2.42. The molecule has 0 spiro atoms. The second kappa shape index (κ2) is 7.49. The van der Waals surface area contributed by atoms with Crippen molar-refractivity contribution < 1.29 is 27.8 Å². The smallest absolute Gasteiger partial charge is 0.392 e. The molecule has 0 aromatic heterocycles. The zero-order chi connectivity index (χ0) is 12.6. The molecule has 0 rings (SSSR count). The topological polar surface area (TPSA) is 46.5 Å². The summed E-state index contributed by atoms with van der Waals surface area (Å²) in [6, 6.07) is 0. The van der Waals surface area contributed by atoms with Crippen LogP contribution in [0.25, 0.3) is 0 Å². The van der Waals surface area contributed by atoms with E-state index in [1.165, 1.54) is 0 Å². The number of carbonyl (C=O) groups excluding carboxylic acids is 1. The minimum Gasteiger partial charge on any atom is -0.464 e. The molecule has 3 nitrogen and oxygen atoms in total. The van der Waals surface area contributed by atoms with E-state index < -0.39 is 24.7 Å². The molecule has 1 atom stereocenters. The third-order valence-electron chi connectivity index (χ3n) is 1.94. The lowest BCUT2D eigenvalue weighted by molar-refractivity contribution is -0.177. The number of carbonyl (C=O) groups is 1. The number of ether oxygens (including phenoxy) is 1. The summed E-state index contributed by atoms with van der Waals surface area (Å²) in [5.74, 6) is -1.20. The Morgan fingerprint density at radius 2 is 1.94 bits per heavy atom. The van der Waals surface area contributed by atoms with Crippen LogP contribution in [-0.4, -0.2) is 30.0 Å². The Kier molecular flexibility index (Phi) is 7.12. The average molecular weight is 242 g/mol. The molecule has 0 aromatic rings. The number of rotatable bonds is 7. The van der Waals surface area contributed by atoms with Crippen LogP contribution in [0.15, 0.2) is 0 Å². The highest BCUT2D eigenvalue weighted by Crippen LogP contribution is 2.21. The average Bonchev–Trinajstić information content (AvgIpc) is 2.14. The van der Waals surface area contributed by atoms with E-state index in [0.29, 0.717) is 6.42 Å². The molecule has 0 aromatic carbocycles. The Morgan fingerprint density at radius 1 is 1.31 bits per heavy atom. The van der Waals surface area contributed by atoms with Gasteiger partial charge in [-0.2, -0.15) is 13.2 Å². The summed E-state index contributed by atoms with van der Waals surface area (Å²) < 4.78 is 39.9. The maximum absolute atomic E-state index is 11.8. The molecule has 0 aliphatic carbocycles. The van der Waals surface area contributed by atoms with Crippen molar-refractivity contribution in [2.24, 2.45) is 0 Å². The quantitative estimate of drug-likeness (QED) is 0.551. The zero-order valence-corrected chi connectivity index (χ0v) is 9.22. The molecule has 0 amide bonds. The molecular formula is C10H17F3O3. The summed E-state index contributed by atoms with van der Waals surface area (Å²) in [7, 11) is 0. The molecular weight excluding hydrogens is 225 g/mol. The Morgan fingerprint density at radius 3 is 2.44 bits per heavy atom. The fourth-order valence-corrected chi connectivity index (χ4v) is 1.10. The number of aliphatic hydroxyl groups is 1. The van der Waals surface area contributed by atoms with Gasteiger partial charge in [0.2, 0.25) is 0 Å². The molecule has 0 aliphatic heterocycles. The fraction of sp³-hybridized carbons (Fsp3) is 0.900. The van der Waals surface area contributed by atoms with Crippen LogP contribution in [0.3, 0.4) is 0 Å². The highest BCUT2D eigenvalue weighted by Gasteiger charge is 2.34. The van der Waals surface area contributed by atoms with E-state index in [2.05, 4.69) is 4.74 Å². The van der Waals surface area contributed by atoms with Crippen molar-refractivity contribution in [3.63, 3.8) is 0 Å². The molecule has 0 fully saturated rings. The number of unbranched alkanes of at least 4 members (excludes halogenated alkanes) is 3. The first-order valence-electron chi connectivity index (χ1n) is 5.28. The van der Waals surface area contributed by atoms with E-state index in [-0.39, 0.29) is 6.61 Å². The fourth-order valence-electron chi connectivity index (χ4n) is 1.10. The van der Waals surface area contributed by atoms with Crippen LogP contribution in [0, 0.1) is 0 Å². The largest absolute Gasteiger partial charge is 0.464 e. The molecule has 0 saturated heterocycles. The number of esters is 1. The first kappa shape index (κ1) is 15.2. The number of hydrogen-bond donors (Lipinski definition) is 1. The summed E-state index contributed by atoms with van der Waals surface area (Å²) in [6.07, 6.45) is -4.74. The van der Waals surface area contributed by atoms with Crippen LogP contribution in [0.2, 0.25) is 0 Å². The van der Waals surface area contributed by atoms with E-state index in [1.54, 1.807) is 0 Å². The third kappa shape index (κ3) is 8.52. The molecule has 0 aliphatic rings. The molecule has 96 valence electrons. The van der Waals surface area contributed by atoms with Gasteiger partial charge in [0.05, 0.1) is 13.0 Å². The first-order chi connectivity index (χ1) is 7.37. The first-order valence-corrected chi connectivity index (χ1v) is 5.28. The van der Waals surface area contributed by atoms with E-state index in [4.69, 9.17) is 5.11 Å². The second-order valence-electron chi connectivity index (χ2n) is 3.56. The van der Waals surface area contributed by atoms with Gasteiger partial charge in [-0.1, -0.05) is 26.2 Å². The number of hydrogen-bond acceptors (Lipinski definition) is 3. The van der Waals surface area contributed by atoms with Gasteiger partial charge in [-0.05, 0) is 6.42 Å². The molecule has 1 unspecified atom stereocenters. The summed E-state index contributed by atoms with van der Waals surface area (Å²) in [6.45, 7) is 2.08. The van der Waals surface area contributed by atoms with E-state index in [1.807, 2.05) is 6.92 Å². The van der Waals surface area contributed by atoms with Crippen molar-refractivity contribution in [2.45, 2.75) is 51.3 Å². The Balaban J connectivity index is 3.64. The van der Waals surface area contributed by atoms with Gasteiger partial charge in [0.1, 0.15) is 0 Å². The minimum absolute atomic E-state index is 0.0632. The van der Waals surface area contributed by atoms with Gasteiger partial charge in [-0.3, -0.25) is 0 Å². The van der Waals surface area contributed by atoms with Gasteiger partial charge in [-0.25, -0.2) is 4.79 Å². The van der Waals surface area contributed by atoms with E-state index in [0.717, 1.165) is 19.3 Å². The van der Waals surface area contributed by atoms with E-state index >= 15 is 0 Å². The van der Waals surface area contributed by atoms with Gasteiger partial charge < -0.3 is 9.84 Å². The minimum atomic E-state index is -4.55. The lowest BCUT2D eigenvalue weighted by atomic mass is 10.2. The summed E-state index contributed by atoms with van der Waals surface area (Å²) >= 11 is 0. The van der Waals surface area contributed by atoms with Gasteiger partial charge in [0, 0.05) is 0 Å². The van der Waals surface area contributed by atoms with Crippen molar-refractivity contribution in [3.8, 4) is 0 Å². The van der Waals surface area contributed by atoms with Crippen molar-refractivity contribution in [1.29, 1.82) is 0 Å². The highest BCUT2D eigenvalue weighted by molar-refractivity contribution is 5.74. The number of aliphatic hydroxyl groups excluding tert-OH is 1. The van der Waals surface area contributed by atoms with Crippen LogP contribution < -0.4 is 0 Å². The summed E-state index contributed by atoms with van der Waals surface area (Å²) in [5.41, 5.74) is 0. The standard InChI is InChI=1S/C10H17F3O3/c1-2-3-4-5-6-16-9(15)8(14)7-10(11,12)13/h8,14H,2-7H2,1H3. The Bertz CT molecular complexity index is 204. The molecule has 16 heavy (non-hydrogen) atoms. The van der Waals surface area contributed by atoms with Gasteiger partial charge in [0.15, 0.2) is 6.10 Å². The van der Waals surface area contributed by atoms with Gasteiger partial charge in [-0.15, -0.1) is 0 Å². The highest BCUT2D eigenvalue weighted by atomic mass is 19.4. The SMILES string of the molecule is CCCCCCOC(=O)C(O)CC(F)(F)F. The second-order valence-corrected chi connectivity index (χ2v) is 3.56. The van der Waals surface area contributed by atoms with Crippen molar-refractivity contribution in [1.82, 2.24) is 0 Å². The molecule has 0 radical (unpaired) electrons. The van der Waals surface area contributed by atoms with Gasteiger partial charge >= 0.3 is 12.1 Å². The molecule has 0 bridgehead atoms. The predicted molar refractivity (Wildman–Crippen MR) is 51.8 cm³/mol. The van der Waals surface area contributed by atoms with Crippen LogP contribution >= 0.6 is 0 Å². The van der Waals surface area contributed by atoms with Crippen LogP contribution in [0.4, 0.5) is 13.2 Å². The third-order valence-corrected chi connectivity index (χ3v) is 1.94. The molecule has 0 heterocycles. The molecule has 6 heteroatoms. The van der Waals surface area contributed by atoms with E-state index in [9.17, 15) is 18.0 Å².